The molecule has 0 atom stereocenters. The Balaban J connectivity index is 1.44. The van der Waals surface area contributed by atoms with Gasteiger partial charge in [-0.25, -0.2) is 0 Å². The van der Waals surface area contributed by atoms with E-state index in [0.717, 1.165) is 12.1 Å². The van der Waals surface area contributed by atoms with Crippen LogP contribution in [0.25, 0.3) is 0 Å². The Morgan fingerprint density at radius 2 is 2.08 bits per heavy atom. The van der Waals surface area contributed by atoms with E-state index in [1.54, 1.807) is 6.07 Å². The molecule has 2 aromatic heterocycles. The number of hydrogen-bond acceptors (Lipinski definition) is 4. The minimum absolute atomic E-state index is 0.147. The fourth-order valence-electron chi connectivity index (χ4n) is 3.10. The number of nitrogens with one attached hydrogen (secondary N) is 3. The molecule has 134 valence electrons. The van der Waals surface area contributed by atoms with Crippen molar-refractivity contribution < 1.29 is 14.0 Å². The second kappa shape index (κ2) is 8.33. The van der Waals surface area contributed by atoms with Crippen molar-refractivity contribution in [2.75, 3.05) is 11.9 Å². The van der Waals surface area contributed by atoms with Gasteiger partial charge in [0.15, 0.2) is 16.2 Å². The molecule has 0 aromatic carbocycles. The summed E-state index contributed by atoms with van der Waals surface area (Å²) >= 11 is 3.12. The molecule has 1 aliphatic carbocycles. The highest BCUT2D eigenvalue weighted by Gasteiger charge is 2.16. The number of amides is 2. The minimum Gasteiger partial charge on any atom is -0.444 e. The van der Waals surface area contributed by atoms with Crippen molar-refractivity contribution in [3.63, 3.8) is 0 Å². The molecule has 25 heavy (non-hydrogen) atoms. The highest BCUT2D eigenvalue weighted by atomic mass is 79.9. The van der Waals surface area contributed by atoms with Crippen LogP contribution in [0.2, 0.25) is 0 Å². The van der Waals surface area contributed by atoms with E-state index < -0.39 is 5.91 Å². The standard InChI is InChI=1S/C17H21BrN4O3/c18-14-7-6-13(25-14)17(24)19-10-16(23)20-15-9-12(21-22-15)8-11-4-2-1-3-5-11/h6-7,9,11H,1-5,8,10H2,(H,19,24)(H2,20,21,22,23). The number of carbonyl (C=O) groups is 2. The topological polar surface area (TPSA) is 100 Å². The van der Waals surface area contributed by atoms with Crippen molar-refractivity contribution in [1.29, 1.82) is 0 Å². The van der Waals surface area contributed by atoms with Crippen molar-refractivity contribution >= 4 is 33.6 Å². The van der Waals surface area contributed by atoms with Crippen LogP contribution in [0.4, 0.5) is 5.82 Å². The first-order valence-corrected chi connectivity index (χ1v) is 9.27. The summed E-state index contributed by atoms with van der Waals surface area (Å²) < 4.78 is 5.59. The summed E-state index contributed by atoms with van der Waals surface area (Å²) in [5.74, 6) is 0.542. The van der Waals surface area contributed by atoms with Crippen molar-refractivity contribution in [3.8, 4) is 0 Å². The molecule has 7 nitrogen and oxygen atoms in total. The number of halogens is 1. The van der Waals surface area contributed by atoms with Gasteiger partial charge in [-0.05, 0) is 40.4 Å². The second-order valence-corrected chi connectivity index (χ2v) is 7.10. The zero-order valence-corrected chi connectivity index (χ0v) is 15.4. The summed E-state index contributed by atoms with van der Waals surface area (Å²) in [7, 11) is 0. The van der Waals surface area contributed by atoms with E-state index in [1.165, 1.54) is 38.2 Å². The van der Waals surface area contributed by atoms with Gasteiger partial charge in [0.05, 0.1) is 6.54 Å². The fourth-order valence-corrected chi connectivity index (χ4v) is 3.41. The number of anilines is 1. The third-order valence-corrected chi connectivity index (χ3v) is 4.76. The van der Waals surface area contributed by atoms with Crippen LogP contribution >= 0.6 is 15.9 Å². The van der Waals surface area contributed by atoms with E-state index in [9.17, 15) is 9.59 Å². The SMILES string of the molecule is O=C(CNC(=O)c1ccc(Br)o1)Nc1cc(CC2CCCCC2)[nH]n1. The number of rotatable bonds is 6. The average molecular weight is 409 g/mol. The van der Waals surface area contributed by atoms with E-state index in [4.69, 9.17) is 4.42 Å². The van der Waals surface area contributed by atoms with Gasteiger partial charge in [-0.2, -0.15) is 5.10 Å². The molecule has 0 unspecified atom stereocenters. The van der Waals surface area contributed by atoms with E-state index in [0.29, 0.717) is 16.4 Å². The number of aromatic amines is 1. The molecule has 1 aliphatic rings. The summed E-state index contributed by atoms with van der Waals surface area (Å²) in [6.07, 6.45) is 7.42. The maximum Gasteiger partial charge on any atom is 0.287 e. The third-order valence-electron chi connectivity index (χ3n) is 4.34. The van der Waals surface area contributed by atoms with E-state index in [2.05, 4.69) is 36.8 Å². The Morgan fingerprint density at radius 3 is 2.80 bits per heavy atom. The lowest BCUT2D eigenvalue weighted by Crippen LogP contribution is -2.32. The van der Waals surface area contributed by atoms with Crippen LogP contribution in [0.15, 0.2) is 27.3 Å². The molecule has 2 aromatic rings. The van der Waals surface area contributed by atoms with E-state index in [1.807, 2.05) is 6.07 Å². The zero-order chi connectivity index (χ0) is 17.6. The van der Waals surface area contributed by atoms with Crippen molar-refractivity contribution in [1.82, 2.24) is 15.5 Å². The Hall–Kier alpha value is -2.09. The monoisotopic (exact) mass is 408 g/mol. The molecule has 1 fully saturated rings. The van der Waals surface area contributed by atoms with Crippen LogP contribution in [0, 0.1) is 5.92 Å². The minimum atomic E-state index is -0.444. The molecule has 0 saturated heterocycles. The quantitative estimate of drug-likeness (QED) is 0.682. The van der Waals surface area contributed by atoms with Gasteiger partial charge in [-0.3, -0.25) is 14.7 Å². The molecule has 2 heterocycles. The third kappa shape index (κ3) is 5.19. The number of hydrogen-bond donors (Lipinski definition) is 3. The predicted molar refractivity (Wildman–Crippen MR) is 96.2 cm³/mol. The van der Waals surface area contributed by atoms with Crippen molar-refractivity contribution in [3.05, 3.63) is 34.3 Å². The maximum absolute atomic E-state index is 11.9. The van der Waals surface area contributed by atoms with Crippen LogP contribution in [-0.2, 0) is 11.2 Å². The van der Waals surface area contributed by atoms with Gasteiger partial charge in [-0.15, -0.1) is 0 Å². The van der Waals surface area contributed by atoms with Crippen LogP contribution < -0.4 is 10.6 Å². The molecule has 0 spiro atoms. The van der Waals surface area contributed by atoms with Crippen molar-refractivity contribution in [2.24, 2.45) is 5.92 Å². The average Bonchev–Trinajstić information content (AvgIpc) is 3.23. The molecular formula is C17H21BrN4O3. The highest BCUT2D eigenvalue weighted by molar-refractivity contribution is 9.10. The van der Waals surface area contributed by atoms with Crippen LogP contribution in [0.1, 0.15) is 48.4 Å². The van der Waals surface area contributed by atoms with Gasteiger partial charge >= 0.3 is 0 Å². The Morgan fingerprint density at radius 1 is 1.28 bits per heavy atom. The smallest absolute Gasteiger partial charge is 0.287 e. The lowest BCUT2D eigenvalue weighted by Gasteiger charge is -2.20. The number of carbonyl (C=O) groups excluding carboxylic acids is 2. The molecular weight excluding hydrogens is 388 g/mol. The Bertz CT molecular complexity index is 734. The van der Waals surface area contributed by atoms with E-state index >= 15 is 0 Å². The summed E-state index contributed by atoms with van der Waals surface area (Å²) in [5, 5.41) is 12.3. The summed E-state index contributed by atoms with van der Waals surface area (Å²) in [5.41, 5.74) is 1.03. The van der Waals surface area contributed by atoms with Gasteiger partial charge in [-0.1, -0.05) is 32.1 Å². The van der Waals surface area contributed by atoms with E-state index in [-0.39, 0.29) is 18.2 Å². The fraction of sp³-hybridized carbons (Fsp3) is 0.471. The number of furan rings is 1. The van der Waals surface area contributed by atoms with Gasteiger partial charge < -0.3 is 15.1 Å². The molecule has 0 aliphatic heterocycles. The summed E-state index contributed by atoms with van der Waals surface area (Å²) in [6.45, 7) is -0.151. The maximum atomic E-state index is 11.9. The van der Waals surface area contributed by atoms with Crippen molar-refractivity contribution in [2.45, 2.75) is 38.5 Å². The van der Waals surface area contributed by atoms with Crippen LogP contribution in [0.3, 0.4) is 0 Å². The molecule has 0 radical (unpaired) electrons. The first-order chi connectivity index (χ1) is 12.1. The molecule has 3 rings (SSSR count). The first-order valence-electron chi connectivity index (χ1n) is 8.48. The molecule has 0 bridgehead atoms. The zero-order valence-electron chi connectivity index (χ0n) is 13.8. The molecule has 1 saturated carbocycles. The van der Waals surface area contributed by atoms with Crippen LogP contribution in [0.5, 0.6) is 0 Å². The van der Waals surface area contributed by atoms with Gasteiger partial charge in [0.1, 0.15) is 0 Å². The first kappa shape index (κ1) is 17.7. The largest absolute Gasteiger partial charge is 0.444 e. The molecule has 8 heteroatoms. The lowest BCUT2D eigenvalue weighted by molar-refractivity contribution is -0.115. The number of nitrogens with zero attached hydrogens (tertiary/aromatic N) is 1. The van der Waals surface area contributed by atoms with Gasteiger partial charge in [0, 0.05) is 11.8 Å². The lowest BCUT2D eigenvalue weighted by atomic mass is 9.86. The molecule has 2 amide bonds. The number of H-pyrrole nitrogens is 1. The summed E-state index contributed by atoms with van der Waals surface area (Å²) in [4.78, 5) is 23.7. The normalized spacial score (nSPS) is 15.1. The Kier molecular flexibility index (Phi) is 5.91. The second-order valence-electron chi connectivity index (χ2n) is 6.32. The predicted octanol–water partition coefficient (Wildman–Crippen LogP) is 3.26. The summed E-state index contributed by atoms with van der Waals surface area (Å²) in [6, 6.07) is 5.01. The Labute approximate surface area is 154 Å². The van der Waals surface area contributed by atoms with Gasteiger partial charge in [0.2, 0.25) is 5.91 Å². The molecule has 3 N–H and O–H groups in total. The van der Waals surface area contributed by atoms with Crippen LogP contribution in [-0.4, -0.2) is 28.6 Å². The van der Waals surface area contributed by atoms with Gasteiger partial charge in [0.25, 0.3) is 5.91 Å². The highest BCUT2D eigenvalue weighted by Crippen LogP contribution is 2.26. The number of aromatic nitrogens is 2.